The van der Waals surface area contributed by atoms with Crippen molar-refractivity contribution in [3.63, 3.8) is 0 Å². The molecule has 12 heteroatoms. The summed E-state index contributed by atoms with van der Waals surface area (Å²) in [6, 6.07) is 10.2. The third kappa shape index (κ3) is 7.64. The molecule has 1 spiro atoms. The van der Waals surface area contributed by atoms with Crippen LogP contribution in [0, 0.1) is 99.6 Å². The van der Waals surface area contributed by atoms with Gasteiger partial charge in [-0.2, -0.15) is 18.4 Å². The van der Waals surface area contributed by atoms with E-state index in [2.05, 4.69) is 70.0 Å². The van der Waals surface area contributed by atoms with Crippen LogP contribution in [0.25, 0.3) is 4.85 Å². The van der Waals surface area contributed by atoms with E-state index in [1.165, 1.54) is 30.3 Å². The molecule has 222 valence electrons. The van der Waals surface area contributed by atoms with Crippen LogP contribution >= 0.6 is 12.2 Å². The molecule has 1 heterocycles. The van der Waals surface area contributed by atoms with E-state index in [-0.39, 0.29) is 16.5 Å². The lowest BCUT2D eigenvalue weighted by molar-refractivity contribution is -0.384. The maximum atomic E-state index is 13.6. The van der Waals surface area contributed by atoms with Gasteiger partial charge >= 0.3 is 6.18 Å². The van der Waals surface area contributed by atoms with Gasteiger partial charge in [-0.05, 0) is 78.9 Å². The Balaban J connectivity index is 0.000000349. The minimum absolute atomic E-state index is 0.00515. The van der Waals surface area contributed by atoms with E-state index in [1.807, 2.05) is 0 Å². The summed E-state index contributed by atoms with van der Waals surface area (Å²) >= 11 is 5.55. The Bertz CT molecular complexity index is 1990. The van der Waals surface area contributed by atoms with Crippen molar-refractivity contribution in [2.45, 2.75) is 37.4 Å². The smallest absolute Gasteiger partial charge is 0.303 e. The summed E-state index contributed by atoms with van der Waals surface area (Å²) in [5.74, 6) is 25.1. The number of carbonyl (C=O) groups excluding carboxylic acids is 1. The van der Waals surface area contributed by atoms with Gasteiger partial charge in [0, 0.05) is 59.0 Å². The topological polar surface area (TPSA) is 94.8 Å². The molecule has 1 amide bonds. The molecule has 1 aliphatic heterocycles. The van der Waals surface area contributed by atoms with E-state index >= 15 is 0 Å². The molecule has 46 heavy (non-hydrogen) atoms. The van der Waals surface area contributed by atoms with Gasteiger partial charge < -0.3 is 4.90 Å². The zero-order valence-electron chi connectivity index (χ0n) is 23.5. The number of nitro groups is 1. The van der Waals surface area contributed by atoms with E-state index in [0.717, 1.165) is 29.9 Å². The van der Waals surface area contributed by atoms with Crippen molar-refractivity contribution in [1.82, 2.24) is 0 Å². The molecule has 0 bridgehead atoms. The fourth-order valence-corrected chi connectivity index (χ4v) is 5.15. The van der Waals surface area contributed by atoms with Crippen molar-refractivity contribution >= 4 is 46.0 Å². The van der Waals surface area contributed by atoms with Gasteiger partial charge in [0.15, 0.2) is 16.9 Å². The molecule has 2 aromatic carbocycles. The van der Waals surface area contributed by atoms with Crippen molar-refractivity contribution in [2.75, 3.05) is 9.80 Å². The van der Waals surface area contributed by atoms with Crippen molar-refractivity contribution in [3.8, 4) is 77.6 Å². The highest BCUT2D eigenvalue weighted by Crippen LogP contribution is 2.47. The Labute approximate surface area is 268 Å². The molecular weight excluding hydrogens is 615 g/mol. The van der Waals surface area contributed by atoms with Crippen LogP contribution in [-0.2, 0) is 11.0 Å². The van der Waals surface area contributed by atoms with Crippen LogP contribution < -0.4 is 9.80 Å². The molecular formula is C34H16F3N5O3S. The second-order valence-electron chi connectivity index (χ2n) is 9.09. The van der Waals surface area contributed by atoms with Gasteiger partial charge in [0.25, 0.3) is 11.6 Å². The number of nitriles is 1. The number of benzene rings is 2. The highest BCUT2D eigenvalue weighted by molar-refractivity contribution is 7.81. The SMILES string of the molecule is C#CC#CC#CC#CC#CC#CC#N.[C-]#[N+]c1ccc(N2C(=O)C3(CCCC3)N(c3ccc([N+](=O)[O-])cc3)C2=S)cc1C(F)(F)F. The van der Waals surface area contributed by atoms with Gasteiger partial charge in [0.1, 0.15) is 5.54 Å². The monoisotopic (exact) mass is 631 g/mol. The lowest BCUT2D eigenvalue weighted by Gasteiger charge is -2.32. The second-order valence-corrected chi connectivity index (χ2v) is 9.45. The van der Waals surface area contributed by atoms with E-state index < -0.39 is 33.8 Å². The predicted octanol–water partition coefficient (Wildman–Crippen LogP) is 5.78. The number of hydrogen-bond acceptors (Lipinski definition) is 5. The second kappa shape index (κ2) is 15.2. The number of hydrogen-bond donors (Lipinski definition) is 0. The predicted molar refractivity (Wildman–Crippen MR) is 168 cm³/mol. The average molecular weight is 632 g/mol. The average Bonchev–Trinajstić information content (AvgIpc) is 3.60. The third-order valence-corrected chi connectivity index (χ3v) is 6.88. The maximum absolute atomic E-state index is 13.6. The normalized spacial score (nSPS) is 13.5. The molecule has 1 saturated heterocycles. The minimum Gasteiger partial charge on any atom is -0.303 e. The number of nitrogens with zero attached hydrogens (tertiary/aromatic N) is 5. The molecule has 1 aliphatic carbocycles. The largest absolute Gasteiger partial charge is 0.407 e. The fraction of sp³-hybridized carbons (Fsp3) is 0.176. The summed E-state index contributed by atoms with van der Waals surface area (Å²) in [5, 5.41) is 19.0. The van der Waals surface area contributed by atoms with Crippen LogP contribution in [0.3, 0.4) is 0 Å². The first kappa shape index (κ1) is 33.8. The quantitative estimate of drug-likeness (QED) is 0.140. The van der Waals surface area contributed by atoms with Crippen molar-refractivity contribution in [3.05, 3.63) is 69.6 Å². The van der Waals surface area contributed by atoms with Crippen LogP contribution in [-0.4, -0.2) is 21.5 Å². The summed E-state index contributed by atoms with van der Waals surface area (Å²) in [6.45, 7) is 7.01. The lowest BCUT2D eigenvalue weighted by Crippen LogP contribution is -2.47. The molecule has 2 aliphatic rings. The number of carbonyl (C=O) groups is 1. The first-order chi connectivity index (χ1) is 22.0. The van der Waals surface area contributed by atoms with Crippen molar-refractivity contribution < 1.29 is 22.9 Å². The number of anilines is 2. The number of nitro benzene ring substituents is 1. The Kier molecular flexibility index (Phi) is 11.2. The van der Waals surface area contributed by atoms with Gasteiger partial charge in [-0.15, -0.1) is 6.42 Å². The molecule has 4 rings (SSSR count). The maximum Gasteiger partial charge on any atom is 0.407 e. The summed E-state index contributed by atoms with van der Waals surface area (Å²) in [6.07, 6.45) is 2.44. The number of amides is 1. The third-order valence-electron chi connectivity index (χ3n) is 6.52. The van der Waals surface area contributed by atoms with E-state index in [0.29, 0.717) is 18.5 Å². The Morgan fingerprint density at radius 3 is 1.93 bits per heavy atom. The van der Waals surface area contributed by atoms with Crippen LogP contribution in [0.4, 0.5) is 35.9 Å². The molecule has 2 aromatic rings. The molecule has 0 atom stereocenters. The number of alkyl halides is 3. The van der Waals surface area contributed by atoms with Crippen molar-refractivity contribution in [1.29, 1.82) is 5.26 Å². The highest BCUT2D eigenvalue weighted by Gasteiger charge is 2.57. The number of thiocarbonyl (C=S) groups is 1. The summed E-state index contributed by atoms with van der Waals surface area (Å²) < 4.78 is 40.5. The van der Waals surface area contributed by atoms with Gasteiger partial charge in [-0.1, -0.05) is 18.9 Å². The fourth-order valence-electron chi connectivity index (χ4n) is 4.68. The molecule has 8 nitrogen and oxygen atoms in total. The van der Waals surface area contributed by atoms with Gasteiger partial charge in [-0.3, -0.25) is 19.8 Å². The molecule has 0 unspecified atom stereocenters. The van der Waals surface area contributed by atoms with Gasteiger partial charge in [-0.25, -0.2) is 4.85 Å². The van der Waals surface area contributed by atoms with Crippen molar-refractivity contribution in [2.24, 2.45) is 0 Å². The number of terminal acetylenes is 1. The number of halogens is 3. The Morgan fingerprint density at radius 2 is 1.46 bits per heavy atom. The van der Waals surface area contributed by atoms with Gasteiger partial charge in [0.05, 0.1) is 17.1 Å². The van der Waals surface area contributed by atoms with E-state index in [1.54, 1.807) is 11.0 Å². The molecule has 2 fully saturated rings. The summed E-state index contributed by atoms with van der Waals surface area (Å²) in [7, 11) is 0. The molecule has 0 N–H and O–H groups in total. The lowest BCUT2D eigenvalue weighted by atomic mass is 9.95. The highest BCUT2D eigenvalue weighted by atomic mass is 32.1. The minimum atomic E-state index is -4.77. The first-order valence-corrected chi connectivity index (χ1v) is 13.3. The zero-order chi connectivity index (χ0) is 33.7. The molecule has 1 saturated carbocycles. The molecule has 0 radical (unpaired) electrons. The van der Waals surface area contributed by atoms with Crippen LogP contribution in [0.1, 0.15) is 31.2 Å². The molecule has 0 aromatic heterocycles. The Morgan fingerprint density at radius 1 is 0.935 bits per heavy atom. The summed E-state index contributed by atoms with van der Waals surface area (Å²) in [5.41, 5.74) is -2.53. The van der Waals surface area contributed by atoms with Gasteiger partial charge in [0.2, 0.25) is 0 Å². The Hall–Kier alpha value is -6.67. The van der Waals surface area contributed by atoms with Crippen LogP contribution in [0.5, 0.6) is 0 Å². The summed E-state index contributed by atoms with van der Waals surface area (Å²) in [4.78, 5) is 29.6. The first-order valence-electron chi connectivity index (χ1n) is 12.9. The number of non-ortho nitro benzene ring substituents is 1. The standard InChI is InChI=1S/C21H15F3N4O3S.C13HN/c1-25-17-9-8-15(12-16(17)21(22,23)24)26-18(29)20(10-2-3-11-20)27(19(26)32)13-4-6-14(7-5-13)28(30)31;1-2-3-4-5-6-7-8-9-10-11-12-13-14/h4-9,12H,2-3,10-11H2;1H. The number of rotatable bonds is 3. The van der Waals surface area contributed by atoms with E-state index in [4.69, 9.17) is 30.5 Å². The van der Waals surface area contributed by atoms with Crippen LogP contribution in [0.2, 0.25) is 0 Å². The van der Waals surface area contributed by atoms with E-state index in [9.17, 15) is 28.1 Å². The van der Waals surface area contributed by atoms with Crippen LogP contribution in [0.15, 0.2) is 42.5 Å². The zero-order valence-corrected chi connectivity index (χ0v) is 24.3.